The largest absolute Gasteiger partial charge is 0.356 e. The van der Waals surface area contributed by atoms with E-state index in [9.17, 15) is 0 Å². The Hall–Kier alpha value is -2.57. The summed E-state index contributed by atoms with van der Waals surface area (Å²) in [5.41, 5.74) is 1.93. The van der Waals surface area contributed by atoms with Gasteiger partial charge in [-0.3, -0.25) is 4.98 Å². The number of rotatable bonds is 2. The Labute approximate surface area is 151 Å². The molecular formula is C20H20N4O2. The average Bonchev–Trinajstić information content (AvgIpc) is 3.16. The minimum atomic E-state index is -0.382. The molecule has 0 atom stereocenters. The van der Waals surface area contributed by atoms with Gasteiger partial charge < -0.3 is 14.4 Å². The van der Waals surface area contributed by atoms with Crippen molar-refractivity contribution in [3.63, 3.8) is 0 Å². The van der Waals surface area contributed by atoms with E-state index in [-0.39, 0.29) is 5.79 Å². The summed E-state index contributed by atoms with van der Waals surface area (Å²) in [7, 11) is 0. The summed E-state index contributed by atoms with van der Waals surface area (Å²) < 4.78 is 11.7. The first-order valence-corrected chi connectivity index (χ1v) is 9.03. The Kier molecular flexibility index (Phi) is 3.80. The lowest BCUT2D eigenvalue weighted by Gasteiger charge is -2.38. The Morgan fingerprint density at radius 2 is 1.62 bits per heavy atom. The number of nitrogens with zero attached hydrogens (tertiary/aromatic N) is 4. The molecule has 2 saturated heterocycles. The molecule has 26 heavy (non-hydrogen) atoms. The molecule has 2 aliphatic rings. The molecule has 0 unspecified atom stereocenters. The maximum absolute atomic E-state index is 5.86. The highest BCUT2D eigenvalue weighted by Crippen LogP contribution is 2.35. The number of aromatic nitrogens is 3. The molecule has 2 aromatic heterocycles. The van der Waals surface area contributed by atoms with Crippen molar-refractivity contribution < 1.29 is 9.47 Å². The van der Waals surface area contributed by atoms with Crippen LogP contribution in [0.3, 0.4) is 0 Å². The van der Waals surface area contributed by atoms with Gasteiger partial charge in [0.25, 0.3) is 0 Å². The van der Waals surface area contributed by atoms with E-state index in [4.69, 9.17) is 19.4 Å². The monoisotopic (exact) mass is 348 g/mol. The van der Waals surface area contributed by atoms with Gasteiger partial charge in [0, 0.05) is 49.3 Å². The molecule has 0 aliphatic carbocycles. The Balaban J connectivity index is 1.54. The molecule has 0 bridgehead atoms. The van der Waals surface area contributed by atoms with Gasteiger partial charge in [0.1, 0.15) is 5.82 Å². The summed E-state index contributed by atoms with van der Waals surface area (Å²) in [6.07, 6.45) is 5.26. The quantitative estimate of drug-likeness (QED) is 0.709. The normalized spacial score (nSPS) is 19.3. The summed E-state index contributed by atoms with van der Waals surface area (Å²) >= 11 is 0. The predicted molar refractivity (Wildman–Crippen MR) is 98.9 cm³/mol. The van der Waals surface area contributed by atoms with E-state index < -0.39 is 0 Å². The Morgan fingerprint density at radius 1 is 0.885 bits per heavy atom. The van der Waals surface area contributed by atoms with E-state index in [1.165, 1.54) is 0 Å². The van der Waals surface area contributed by atoms with Gasteiger partial charge in [0.2, 0.25) is 0 Å². The molecule has 0 radical (unpaired) electrons. The average molecular weight is 348 g/mol. The molecule has 3 aromatic rings. The third kappa shape index (κ3) is 2.71. The fourth-order valence-corrected chi connectivity index (χ4v) is 3.78. The zero-order valence-corrected chi connectivity index (χ0v) is 14.5. The van der Waals surface area contributed by atoms with E-state index in [0.29, 0.717) is 13.2 Å². The van der Waals surface area contributed by atoms with Gasteiger partial charge in [-0.15, -0.1) is 0 Å². The molecule has 1 aromatic carbocycles. The highest BCUT2D eigenvalue weighted by molar-refractivity contribution is 5.91. The molecule has 0 N–H and O–H groups in total. The van der Waals surface area contributed by atoms with Crippen LogP contribution in [0.1, 0.15) is 12.8 Å². The molecule has 4 heterocycles. The summed E-state index contributed by atoms with van der Waals surface area (Å²) in [4.78, 5) is 16.1. The maximum atomic E-state index is 5.86. The maximum Gasteiger partial charge on any atom is 0.171 e. The van der Waals surface area contributed by atoms with E-state index in [1.54, 1.807) is 12.4 Å². The first kappa shape index (κ1) is 15.7. The number of fused-ring (bicyclic) bond motifs is 1. The molecule has 0 saturated carbocycles. The van der Waals surface area contributed by atoms with Crippen molar-refractivity contribution in [3.8, 4) is 11.4 Å². The minimum absolute atomic E-state index is 0.382. The standard InChI is InChI=1S/C20H20N4O2/c1-2-4-17-16(3-1)19(23-18(22-17)15-5-9-21-10-6-15)24-11-7-20(8-12-24)25-13-14-26-20/h1-6,9-10H,7-8,11-14H2. The van der Waals surface area contributed by atoms with Gasteiger partial charge >= 0.3 is 0 Å². The van der Waals surface area contributed by atoms with Crippen molar-refractivity contribution in [1.82, 2.24) is 15.0 Å². The van der Waals surface area contributed by atoms with Crippen LogP contribution in [0.2, 0.25) is 0 Å². The van der Waals surface area contributed by atoms with E-state index in [1.807, 2.05) is 30.3 Å². The molecule has 5 rings (SSSR count). The van der Waals surface area contributed by atoms with Gasteiger partial charge in [-0.2, -0.15) is 0 Å². The van der Waals surface area contributed by atoms with Crippen LogP contribution >= 0.6 is 0 Å². The SMILES string of the molecule is c1ccc2c(N3CCC4(CC3)OCCO4)nc(-c3ccncc3)nc2c1. The van der Waals surface area contributed by atoms with E-state index >= 15 is 0 Å². The van der Waals surface area contributed by atoms with Gasteiger partial charge in [-0.1, -0.05) is 12.1 Å². The summed E-state index contributed by atoms with van der Waals surface area (Å²) in [5, 5.41) is 1.08. The van der Waals surface area contributed by atoms with E-state index in [0.717, 1.165) is 54.0 Å². The predicted octanol–water partition coefficient (Wildman–Crippen LogP) is 3.04. The van der Waals surface area contributed by atoms with Gasteiger partial charge in [-0.25, -0.2) is 9.97 Å². The number of ether oxygens (including phenoxy) is 2. The zero-order valence-electron chi connectivity index (χ0n) is 14.5. The van der Waals surface area contributed by atoms with Crippen molar-refractivity contribution in [3.05, 3.63) is 48.8 Å². The van der Waals surface area contributed by atoms with Crippen LogP contribution in [0.25, 0.3) is 22.3 Å². The topological polar surface area (TPSA) is 60.4 Å². The smallest absolute Gasteiger partial charge is 0.171 e. The van der Waals surface area contributed by atoms with Crippen LogP contribution in [0.5, 0.6) is 0 Å². The number of hydrogen-bond acceptors (Lipinski definition) is 6. The van der Waals surface area contributed by atoms with Crippen molar-refractivity contribution in [1.29, 1.82) is 0 Å². The number of anilines is 1. The number of para-hydroxylation sites is 1. The van der Waals surface area contributed by atoms with Crippen molar-refractivity contribution in [2.45, 2.75) is 18.6 Å². The van der Waals surface area contributed by atoms with Crippen LogP contribution in [-0.2, 0) is 9.47 Å². The molecule has 0 amide bonds. The first-order valence-electron chi connectivity index (χ1n) is 9.03. The molecule has 2 fully saturated rings. The molecule has 132 valence electrons. The Bertz CT molecular complexity index is 916. The second-order valence-corrected chi connectivity index (χ2v) is 6.72. The summed E-state index contributed by atoms with van der Waals surface area (Å²) in [6, 6.07) is 12.1. The fraction of sp³-hybridized carbons (Fsp3) is 0.350. The molecular weight excluding hydrogens is 328 g/mol. The second kappa shape index (κ2) is 6.30. The lowest BCUT2D eigenvalue weighted by atomic mass is 10.0. The lowest BCUT2D eigenvalue weighted by molar-refractivity contribution is -0.169. The van der Waals surface area contributed by atoms with Crippen LogP contribution in [-0.4, -0.2) is 47.0 Å². The first-order chi connectivity index (χ1) is 12.8. The minimum Gasteiger partial charge on any atom is -0.356 e. The van der Waals surface area contributed by atoms with E-state index in [2.05, 4.69) is 16.0 Å². The highest BCUT2D eigenvalue weighted by atomic mass is 16.7. The van der Waals surface area contributed by atoms with Gasteiger partial charge in [0.05, 0.1) is 18.7 Å². The second-order valence-electron chi connectivity index (χ2n) is 6.72. The molecule has 6 heteroatoms. The zero-order chi connectivity index (χ0) is 17.4. The van der Waals surface area contributed by atoms with Crippen molar-refractivity contribution >= 4 is 16.7 Å². The van der Waals surface area contributed by atoms with Gasteiger partial charge in [0.15, 0.2) is 11.6 Å². The highest BCUT2D eigenvalue weighted by Gasteiger charge is 2.40. The van der Waals surface area contributed by atoms with Crippen LogP contribution in [0.4, 0.5) is 5.82 Å². The molecule has 1 spiro atoms. The third-order valence-corrected chi connectivity index (χ3v) is 5.16. The van der Waals surface area contributed by atoms with Crippen molar-refractivity contribution in [2.75, 3.05) is 31.2 Å². The van der Waals surface area contributed by atoms with Crippen LogP contribution < -0.4 is 4.90 Å². The van der Waals surface area contributed by atoms with Gasteiger partial charge in [-0.05, 0) is 24.3 Å². The number of benzene rings is 1. The number of pyridine rings is 1. The molecule has 6 nitrogen and oxygen atoms in total. The third-order valence-electron chi connectivity index (χ3n) is 5.16. The van der Waals surface area contributed by atoms with Crippen molar-refractivity contribution in [2.24, 2.45) is 0 Å². The molecule has 2 aliphatic heterocycles. The lowest BCUT2D eigenvalue weighted by Crippen LogP contribution is -2.45. The summed E-state index contributed by atoms with van der Waals surface area (Å²) in [5.74, 6) is 1.33. The Morgan fingerprint density at radius 3 is 2.38 bits per heavy atom. The van der Waals surface area contributed by atoms with Crippen LogP contribution in [0, 0.1) is 0 Å². The fourth-order valence-electron chi connectivity index (χ4n) is 3.78. The summed E-state index contributed by atoms with van der Waals surface area (Å²) in [6.45, 7) is 3.11. The van der Waals surface area contributed by atoms with Crippen LogP contribution in [0.15, 0.2) is 48.8 Å². The number of piperidine rings is 1. The number of hydrogen-bond donors (Lipinski definition) is 0.